The molecular formula is C23H30N2O7. The van der Waals surface area contributed by atoms with Crippen molar-refractivity contribution in [2.45, 2.75) is 51.7 Å². The van der Waals surface area contributed by atoms with Crippen molar-refractivity contribution in [3.8, 4) is 11.5 Å². The van der Waals surface area contributed by atoms with Crippen LogP contribution in [-0.2, 0) is 30.4 Å². The Labute approximate surface area is 187 Å². The van der Waals surface area contributed by atoms with Crippen molar-refractivity contribution >= 4 is 17.8 Å². The lowest BCUT2D eigenvalue weighted by molar-refractivity contribution is -0.167. The molecule has 0 radical (unpaired) electrons. The van der Waals surface area contributed by atoms with Gasteiger partial charge in [0.05, 0.1) is 18.6 Å². The number of fused-ring (bicyclic) bond motifs is 1. The van der Waals surface area contributed by atoms with Crippen molar-refractivity contribution in [1.29, 1.82) is 0 Å². The molecule has 9 nitrogen and oxygen atoms in total. The highest BCUT2D eigenvalue weighted by Gasteiger charge is 2.46. The maximum Gasteiger partial charge on any atom is 0.313 e. The van der Waals surface area contributed by atoms with E-state index < -0.39 is 17.5 Å². The summed E-state index contributed by atoms with van der Waals surface area (Å²) < 4.78 is 21.5. The fourth-order valence-electron chi connectivity index (χ4n) is 4.44. The highest BCUT2D eigenvalue weighted by atomic mass is 16.7. The third kappa shape index (κ3) is 4.98. The first-order chi connectivity index (χ1) is 15.5. The highest BCUT2D eigenvalue weighted by Crippen LogP contribution is 2.43. The predicted molar refractivity (Wildman–Crippen MR) is 113 cm³/mol. The molecule has 2 fully saturated rings. The Morgan fingerprint density at radius 2 is 1.84 bits per heavy atom. The molecule has 174 valence electrons. The summed E-state index contributed by atoms with van der Waals surface area (Å²) in [5.74, 6) is 0.429. The van der Waals surface area contributed by atoms with Crippen LogP contribution in [0.4, 0.5) is 0 Å². The van der Waals surface area contributed by atoms with Crippen LogP contribution >= 0.6 is 0 Å². The van der Waals surface area contributed by atoms with Gasteiger partial charge in [-0.3, -0.25) is 14.4 Å². The van der Waals surface area contributed by atoms with Crippen LogP contribution < -0.4 is 14.8 Å². The molecule has 1 aliphatic carbocycles. The number of amides is 2. The van der Waals surface area contributed by atoms with Crippen molar-refractivity contribution in [3.63, 3.8) is 0 Å². The topological polar surface area (TPSA) is 103 Å². The van der Waals surface area contributed by atoms with E-state index in [1.54, 1.807) is 17.9 Å². The average molecular weight is 447 g/mol. The van der Waals surface area contributed by atoms with E-state index in [9.17, 15) is 14.4 Å². The normalized spacial score (nSPS) is 20.0. The van der Waals surface area contributed by atoms with Crippen LogP contribution in [0.3, 0.4) is 0 Å². The molecule has 0 unspecified atom stereocenters. The predicted octanol–water partition coefficient (Wildman–Crippen LogP) is 1.77. The molecule has 0 spiro atoms. The number of esters is 1. The third-order valence-electron chi connectivity index (χ3n) is 6.40. The molecule has 2 heterocycles. The van der Waals surface area contributed by atoms with Gasteiger partial charge >= 0.3 is 5.97 Å². The molecular weight excluding hydrogens is 416 g/mol. The van der Waals surface area contributed by atoms with Gasteiger partial charge in [-0.25, -0.2) is 0 Å². The maximum absolute atomic E-state index is 13.1. The fraction of sp³-hybridized carbons (Fsp3) is 0.609. The lowest BCUT2D eigenvalue weighted by atomic mass is 9.82. The Bertz CT molecular complexity index is 860. The Morgan fingerprint density at radius 1 is 1.12 bits per heavy atom. The van der Waals surface area contributed by atoms with Crippen LogP contribution in [0, 0.1) is 5.41 Å². The van der Waals surface area contributed by atoms with Gasteiger partial charge in [0, 0.05) is 26.1 Å². The second kappa shape index (κ2) is 9.77. The number of nitrogens with zero attached hydrogens (tertiary/aromatic N) is 1. The van der Waals surface area contributed by atoms with E-state index in [2.05, 4.69) is 5.32 Å². The molecule has 1 aromatic rings. The van der Waals surface area contributed by atoms with Crippen molar-refractivity contribution in [2.24, 2.45) is 5.41 Å². The average Bonchev–Trinajstić information content (AvgIpc) is 3.47. The minimum atomic E-state index is -0.951. The second-order valence-corrected chi connectivity index (χ2v) is 8.61. The molecule has 1 saturated heterocycles. The number of morpholine rings is 1. The summed E-state index contributed by atoms with van der Waals surface area (Å²) in [6.07, 6.45) is 2.12. The van der Waals surface area contributed by atoms with E-state index in [-0.39, 0.29) is 31.6 Å². The number of benzene rings is 1. The van der Waals surface area contributed by atoms with Gasteiger partial charge in [-0.15, -0.1) is 0 Å². The Balaban J connectivity index is 1.31. The summed E-state index contributed by atoms with van der Waals surface area (Å²) in [7, 11) is 0. The highest BCUT2D eigenvalue weighted by molar-refractivity contribution is 5.89. The lowest BCUT2D eigenvalue weighted by Gasteiger charge is -2.32. The maximum atomic E-state index is 13.1. The van der Waals surface area contributed by atoms with Crippen LogP contribution in [-0.4, -0.2) is 61.9 Å². The zero-order chi connectivity index (χ0) is 22.6. The molecule has 4 rings (SSSR count). The van der Waals surface area contributed by atoms with E-state index in [0.717, 1.165) is 18.4 Å². The minimum absolute atomic E-state index is 0.0490. The largest absolute Gasteiger partial charge is 0.454 e. The monoisotopic (exact) mass is 446 g/mol. The van der Waals surface area contributed by atoms with Gasteiger partial charge in [-0.1, -0.05) is 18.9 Å². The molecule has 2 aliphatic heterocycles. The Kier molecular flexibility index (Phi) is 6.83. The van der Waals surface area contributed by atoms with Crippen LogP contribution in [0.5, 0.6) is 11.5 Å². The summed E-state index contributed by atoms with van der Waals surface area (Å²) in [5, 5.41) is 2.79. The molecule has 3 aliphatic rings. The number of hydrogen-bond acceptors (Lipinski definition) is 7. The van der Waals surface area contributed by atoms with Crippen molar-refractivity contribution in [1.82, 2.24) is 10.2 Å². The van der Waals surface area contributed by atoms with Gasteiger partial charge < -0.3 is 29.2 Å². The number of nitrogens with one attached hydrogen (secondary N) is 1. The minimum Gasteiger partial charge on any atom is -0.454 e. The van der Waals surface area contributed by atoms with Crippen molar-refractivity contribution in [3.05, 3.63) is 23.8 Å². The van der Waals surface area contributed by atoms with E-state index in [4.69, 9.17) is 18.9 Å². The van der Waals surface area contributed by atoms with E-state index >= 15 is 0 Å². The van der Waals surface area contributed by atoms with Gasteiger partial charge in [0.1, 0.15) is 0 Å². The smallest absolute Gasteiger partial charge is 0.313 e. The molecule has 0 bridgehead atoms. The number of rotatable bonds is 7. The Hall–Kier alpha value is -2.81. The third-order valence-corrected chi connectivity index (χ3v) is 6.40. The number of hydrogen-bond donors (Lipinski definition) is 1. The lowest BCUT2D eigenvalue weighted by Crippen LogP contribution is -2.45. The van der Waals surface area contributed by atoms with Gasteiger partial charge in [-0.05, 0) is 37.5 Å². The Morgan fingerprint density at radius 3 is 2.59 bits per heavy atom. The summed E-state index contributed by atoms with van der Waals surface area (Å²) in [5.41, 5.74) is 0.00541. The molecule has 1 N–H and O–H groups in total. The molecule has 9 heteroatoms. The molecule has 0 aromatic heterocycles. The first-order valence-corrected chi connectivity index (χ1v) is 11.2. The summed E-state index contributed by atoms with van der Waals surface area (Å²) in [4.78, 5) is 40.2. The van der Waals surface area contributed by atoms with E-state index in [1.807, 2.05) is 12.1 Å². The summed E-state index contributed by atoms with van der Waals surface area (Å²) >= 11 is 0. The SMILES string of the molecule is C[C@@H](OC(=O)C1(CC(=O)N2CCOCC2)CCCC1)C(=O)NCc1ccc2c(c1)OCO2. The molecule has 2 amide bonds. The van der Waals surface area contributed by atoms with Crippen LogP contribution in [0.2, 0.25) is 0 Å². The fourth-order valence-corrected chi connectivity index (χ4v) is 4.44. The number of ether oxygens (including phenoxy) is 4. The summed E-state index contributed by atoms with van der Waals surface area (Å²) in [6, 6.07) is 5.45. The second-order valence-electron chi connectivity index (χ2n) is 8.61. The quantitative estimate of drug-likeness (QED) is 0.637. The number of carbonyl (C=O) groups excluding carboxylic acids is 3. The van der Waals surface area contributed by atoms with Crippen molar-refractivity contribution in [2.75, 3.05) is 33.1 Å². The standard InChI is InChI=1S/C23H30N2O7/c1-16(21(27)24-14-17-4-5-18-19(12-17)31-15-30-18)32-22(28)23(6-2-3-7-23)13-20(26)25-8-10-29-11-9-25/h4-5,12,16H,2-3,6-11,13-15H2,1H3,(H,24,27)/t16-/m1/s1. The van der Waals surface area contributed by atoms with Gasteiger partial charge in [0.25, 0.3) is 5.91 Å². The van der Waals surface area contributed by atoms with Crippen LogP contribution in [0.1, 0.15) is 44.6 Å². The van der Waals surface area contributed by atoms with E-state index in [1.165, 1.54) is 0 Å². The van der Waals surface area contributed by atoms with Crippen molar-refractivity contribution < 1.29 is 33.3 Å². The first-order valence-electron chi connectivity index (χ1n) is 11.2. The summed E-state index contributed by atoms with van der Waals surface area (Å²) in [6.45, 7) is 4.14. The van der Waals surface area contributed by atoms with E-state index in [0.29, 0.717) is 50.6 Å². The van der Waals surface area contributed by atoms with Crippen LogP contribution in [0.15, 0.2) is 18.2 Å². The van der Waals surface area contributed by atoms with Crippen LogP contribution in [0.25, 0.3) is 0 Å². The number of carbonyl (C=O) groups is 3. The van der Waals surface area contributed by atoms with Gasteiger partial charge in [0.2, 0.25) is 12.7 Å². The molecule has 1 saturated carbocycles. The zero-order valence-electron chi connectivity index (χ0n) is 18.4. The molecule has 32 heavy (non-hydrogen) atoms. The zero-order valence-corrected chi connectivity index (χ0v) is 18.4. The molecule has 1 aromatic carbocycles. The first kappa shape index (κ1) is 22.4. The molecule has 1 atom stereocenters. The van der Waals surface area contributed by atoms with Gasteiger partial charge in [-0.2, -0.15) is 0 Å². The van der Waals surface area contributed by atoms with Gasteiger partial charge in [0.15, 0.2) is 17.6 Å².